The number of rotatable bonds is 0. The van der Waals surface area contributed by atoms with E-state index in [1.165, 1.54) is 0 Å². The summed E-state index contributed by atoms with van der Waals surface area (Å²) in [4.78, 5) is 23.2. The summed E-state index contributed by atoms with van der Waals surface area (Å²) in [5.74, 6) is -0.907. The Morgan fingerprint density at radius 2 is 1.78 bits per heavy atom. The van der Waals surface area contributed by atoms with E-state index in [-0.39, 0.29) is 11.8 Å². The fraction of sp³-hybridized carbons (Fsp3) is 0.846. The van der Waals surface area contributed by atoms with Gasteiger partial charge in [-0.3, -0.25) is 14.9 Å². The van der Waals surface area contributed by atoms with Crippen LogP contribution in [0, 0.1) is 5.41 Å². The van der Waals surface area contributed by atoms with Crippen molar-refractivity contribution in [2.45, 2.75) is 51.7 Å². The third kappa shape index (κ3) is 2.17. The van der Waals surface area contributed by atoms with E-state index in [1.807, 2.05) is 13.8 Å². The molecule has 0 aromatic carbocycles. The van der Waals surface area contributed by atoms with Gasteiger partial charge in [-0.1, -0.05) is 13.8 Å². The van der Waals surface area contributed by atoms with E-state index in [1.54, 1.807) is 0 Å². The molecule has 1 unspecified atom stereocenters. The van der Waals surface area contributed by atoms with Crippen LogP contribution in [0.5, 0.6) is 0 Å². The molecule has 2 saturated heterocycles. The molecule has 0 aromatic rings. The van der Waals surface area contributed by atoms with E-state index in [4.69, 9.17) is 9.47 Å². The van der Waals surface area contributed by atoms with Gasteiger partial charge < -0.3 is 9.47 Å². The maximum atomic E-state index is 11.9. The van der Waals surface area contributed by atoms with Gasteiger partial charge in [0.05, 0.1) is 18.6 Å². The molecule has 2 amide bonds. The summed E-state index contributed by atoms with van der Waals surface area (Å²) in [5.41, 5.74) is -0.570. The monoisotopic (exact) mass is 255 g/mol. The predicted molar refractivity (Wildman–Crippen MR) is 64.7 cm³/mol. The fourth-order valence-corrected chi connectivity index (χ4v) is 3.17. The summed E-state index contributed by atoms with van der Waals surface area (Å²) >= 11 is 0. The maximum absolute atomic E-state index is 11.9. The summed E-state index contributed by atoms with van der Waals surface area (Å²) in [6.07, 6.45) is 3.29. The molecule has 5 nitrogen and oxygen atoms in total. The molecule has 0 aromatic heterocycles. The number of amides is 2. The normalized spacial score (nSPS) is 33.4. The van der Waals surface area contributed by atoms with Gasteiger partial charge in [0.15, 0.2) is 5.79 Å². The van der Waals surface area contributed by atoms with Crippen LogP contribution in [0.2, 0.25) is 0 Å². The van der Waals surface area contributed by atoms with Crippen LogP contribution < -0.4 is 5.32 Å². The van der Waals surface area contributed by atoms with Gasteiger partial charge in [-0.25, -0.2) is 0 Å². The molecule has 2 heterocycles. The van der Waals surface area contributed by atoms with Crippen molar-refractivity contribution in [1.82, 2.24) is 5.32 Å². The molecule has 3 aliphatic rings. The van der Waals surface area contributed by atoms with Crippen molar-refractivity contribution in [2.24, 2.45) is 5.41 Å². The molecule has 0 bridgehead atoms. The van der Waals surface area contributed by atoms with Crippen LogP contribution in [0.4, 0.5) is 0 Å². The lowest BCUT2D eigenvalue weighted by molar-refractivity contribution is -0.201. The first kappa shape index (κ1) is 13.5. The summed E-state index contributed by atoms with van der Waals surface area (Å²) in [6, 6.07) is 0. The zero-order chi connectivity index (χ0) is 13.2. The van der Waals surface area contributed by atoms with Crippen LogP contribution in [0.15, 0.2) is 0 Å². The molecule has 1 atom stereocenters. The predicted octanol–water partition coefficient (Wildman–Crippen LogP) is 1.36. The first-order valence-electron chi connectivity index (χ1n) is 6.77. The summed E-state index contributed by atoms with van der Waals surface area (Å²) in [5, 5.41) is 2.39. The third-order valence-electron chi connectivity index (χ3n) is 3.87. The largest absolute Gasteiger partial charge is 0.347 e. The van der Waals surface area contributed by atoms with Gasteiger partial charge in [-0.15, -0.1) is 0 Å². The van der Waals surface area contributed by atoms with Gasteiger partial charge in [-0.05, 0) is 12.8 Å². The van der Waals surface area contributed by atoms with Crippen LogP contribution in [0.3, 0.4) is 0 Å². The van der Waals surface area contributed by atoms with E-state index >= 15 is 0 Å². The SMILES string of the molecule is CC.O=C1CC2(CCCC3(C2)OCCO3)C(=O)N1. The van der Waals surface area contributed by atoms with E-state index in [0.717, 1.165) is 19.3 Å². The summed E-state index contributed by atoms with van der Waals surface area (Å²) in [7, 11) is 0. The second kappa shape index (κ2) is 4.97. The molecule has 3 fully saturated rings. The zero-order valence-electron chi connectivity index (χ0n) is 11.1. The molecule has 1 saturated carbocycles. The van der Waals surface area contributed by atoms with Crippen molar-refractivity contribution < 1.29 is 19.1 Å². The van der Waals surface area contributed by atoms with Crippen LogP contribution in [-0.2, 0) is 19.1 Å². The van der Waals surface area contributed by atoms with Crippen molar-refractivity contribution in [3.05, 3.63) is 0 Å². The average Bonchev–Trinajstić information content (AvgIpc) is 2.89. The third-order valence-corrected chi connectivity index (χ3v) is 3.87. The lowest BCUT2D eigenvalue weighted by Gasteiger charge is -2.40. The molecule has 1 N–H and O–H groups in total. The Balaban J connectivity index is 0.000000574. The second-order valence-corrected chi connectivity index (χ2v) is 4.97. The molecule has 0 radical (unpaired) electrons. The Bertz CT molecular complexity index is 349. The van der Waals surface area contributed by atoms with E-state index < -0.39 is 11.2 Å². The average molecular weight is 255 g/mol. The minimum Gasteiger partial charge on any atom is -0.347 e. The number of ether oxygens (including phenoxy) is 2. The molecular weight excluding hydrogens is 234 g/mol. The van der Waals surface area contributed by atoms with Gasteiger partial charge in [0.2, 0.25) is 11.8 Å². The number of hydrogen-bond acceptors (Lipinski definition) is 4. The lowest BCUT2D eigenvalue weighted by atomic mass is 9.70. The standard InChI is InChI=1S/C11H15NO4.C2H6/c13-8-6-10(9(14)12-8)2-1-3-11(7-10)15-4-5-16-11;1-2/h1-7H2,(H,12,13,14);1-2H3. The van der Waals surface area contributed by atoms with Gasteiger partial charge in [0.1, 0.15) is 0 Å². The Kier molecular flexibility index (Phi) is 3.73. The number of hydrogen-bond donors (Lipinski definition) is 1. The molecule has 2 aliphatic heterocycles. The number of nitrogens with one attached hydrogen (secondary N) is 1. The number of carbonyl (C=O) groups excluding carboxylic acids is 2. The fourth-order valence-electron chi connectivity index (χ4n) is 3.17. The minimum absolute atomic E-state index is 0.143. The highest BCUT2D eigenvalue weighted by molar-refractivity contribution is 6.05. The maximum Gasteiger partial charge on any atom is 0.233 e. The van der Waals surface area contributed by atoms with Gasteiger partial charge in [-0.2, -0.15) is 0 Å². The second-order valence-electron chi connectivity index (χ2n) is 4.97. The van der Waals surface area contributed by atoms with Crippen LogP contribution in [-0.4, -0.2) is 30.8 Å². The quantitative estimate of drug-likeness (QED) is 0.664. The topological polar surface area (TPSA) is 64.6 Å². The lowest BCUT2D eigenvalue weighted by Crippen LogP contribution is -2.45. The van der Waals surface area contributed by atoms with Crippen molar-refractivity contribution in [3.8, 4) is 0 Å². The molecule has 2 spiro atoms. The summed E-state index contributed by atoms with van der Waals surface area (Å²) in [6.45, 7) is 5.18. The molecule has 102 valence electrons. The van der Waals surface area contributed by atoms with E-state index in [2.05, 4.69) is 5.32 Å². The van der Waals surface area contributed by atoms with Gasteiger partial charge >= 0.3 is 0 Å². The highest BCUT2D eigenvalue weighted by Crippen LogP contribution is 2.49. The Morgan fingerprint density at radius 1 is 1.11 bits per heavy atom. The van der Waals surface area contributed by atoms with Crippen molar-refractivity contribution in [1.29, 1.82) is 0 Å². The van der Waals surface area contributed by atoms with Crippen molar-refractivity contribution in [2.75, 3.05) is 13.2 Å². The zero-order valence-corrected chi connectivity index (χ0v) is 11.1. The number of carbonyl (C=O) groups is 2. The molecular formula is C13H21NO4. The van der Waals surface area contributed by atoms with Crippen molar-refractivity contribution >= 4 is 11.8 Å². The van der Waals surface area contributed by atoms with Crippen molar-refractivity contribution in [3.63, 3.8) is 0 Å². The summed E-state index contributed by atoms with van der Waals surface area (Å²) < 4.78 is 11.3. The highest BCUT2D eigenvalue weighted by Gasteiger charge is 2.55. The molecule has 3 rings (SSSR count). The minimum atomic E-state index is -0.597. The molecule has 1 aliphatic carbocycles. The van der Waals surface area contributed by atoms with Crippen LogP contribution in [0.25, 0.3) is 0 Å². The Hall–Kier alpha value is -0.940. The van der Waals surface area contributed by atoms with Gasteiger partial charge in [0, 0.05) is 19.3 Å². The smallest absolute Gasteiger partial charge is 0.233 e. The Labute approximate surface area is 107 Å². The Morgan fingerprint density at radius 3 is 2.33 bits per heavy atom. The number of imide groups is 1. The van der Waals surface area contributed by atoms with E-state index in [9.17, 15) is 9.59 Å². The first-order chi connectivity index (χ1) is 8.64. The molecule has 5 heteroatoms. The van der Waals surface area contributed by atoms with Crippen LogP contribution >= 0.6 is 0 Å². The van der Waals surface area contributed by atoms with Crippen LogP contribution in [0.1, 0.15) is 46.0 Å². The highest BCUT2D eigenvalue weighted by atomic mass is 16.7. The molecule has 18 heavy (non-hydrogen) atoms. The van der Waals surface area contributed by atoms with E-state index in [0.29, 0.717) is 26.1 Å². The first-order valence-corrected chi connectivity index (χ1v) is 6.77. The van der Waals surface area contributed by atoms with Gasteiger partial charge in [0.25, 0.3) is 0 Å².